The number of rotatable bonds is 4. The predicted octanol–water partition coefficient (Wildman–Crippen LogP) is 3.44. The maximum absolute atomic E-state index is 11.9. The van der Waals surface area contributed by atoms with Crippen molar-refractivity contribution >= 4 is 17.4 Å². The molecule has 2 atom stereocenters. The van der Waals surface area contributed by atoms with E-state index in [2.05, 4.69) is 0 Å². The lowest BCUT2D eigenvalue weighted by molar-refractivity contribution is -0.136. The molecule has 0 aromatic heterocycles. The SMILES string of the molecule is CC(=O)C(O)(c1ccccc1)C(Cl)c1ccccc1. The fourth-order valence-corrected chi connectivity index (χ4v) is 2.51. The molecule has 0 aliphatic carbocycles. The van der Waals surface area contributed by atoms with Gasteiger partial charge in [0.25, 0.3) is 0 Å². The second-order valence-corrected chi connectivity index (χ2v) is 4.90. The summed E-state index contributed by atoms with van der Waals surface area (Å²) in [6.07, 6.45) is 0. The number of halogens is 1. The van der Waals surface area contributed by atoms with Gasteiger partial charge in [0.1, 0.15) is 0 Å². The monoisotopic (exact) mass is 274 g/mol. The van der Waals surface area contributed by atoms with Gasteiger partial charge in [0.2, 0.25) is 0 Å². The van der Waals surface area contributed by atoms with Gasteiger partial charge in [-0.3, -0.25) is 4.79 Å². The molecule has 0 saturated heterocycles. The normalized spacial score (nSPS) is 15.5. The molecular weight excluding hydrogens is 260 g/mol. The van der Waals surface area contributed by atoms with Gasteiger partial charge in [-0.2, -0.15) is 0 Å². The van der Waals surface area contributed by atoms with Crippen LogP contribution in [0.1, 0.15) is 23.4 Å². The van der Waals surface area contributed by atoms with Crippen LogP contribution < -0.4 is 0 Å². The van der Waals surface area contributed by atoms with Crippen molar-refractivity contribution in [1.82, 2.24) is 0 Å². The molecule has 98 valence electrons. The molecule has 0 bridgehead atoms. The Morgan fingerprint density at radius 2 is 1.53 bits per heavy atom. The van der Waals surface area contributed by atoms with Crippen molar-refractivity contribution in [3.63, 3.8) is 0 Å². The summed E-state index contributed by atoms with van der Waals surface area (Å²) < 4.78 is 0. The van der Waals surface area contributed by atoms with Crippen LogP contribution in [0.25, 0.3) is 0 Å². The molecule has 0 saturated carbocycles. The highest BCUT2D eigenvalue weighted by molar-refractivity contribution is 6.23. The van der Waals surface area contributed by atoms with Gasteiger partial charge in [-0.1, -0.05) is 60.7 Å². The van der Waals surface area contributed by atoms with Gasteiger partial charge in [-0.25, -0.2) is 0 Å². The van der Waals surface area contributed by atoms with Crippen LogP contribution in [-0.4, -0.2) is 10.9 Å². The molecule has 3 heteroatoms. The fraction of sp³-hybridized carbons (Fsp3) is 0.188. The maximum Gasteiger partial charge on any atom is 0.168 e. The number of ketones is 1. The van der Waals surface area contributed by atoms with Crippen molar-refractivity contribution < 1.29 is 9.90 Å². The van der Waals surface area contributed by atoms with E-state index in [9.17, 15) is 9.90 Å². The molecular formula is C16H15ClO2. The molecule has 0 fully saturated rings. The molecule has 1 N–H and O–H groups in total. The number of hydrogen-bond donors (Lipinski definition) is 1. The van der Waals surface area contributed by atoms with E-state index in [-0.39, 0.29) is 5.78 Å². The van der Waals surface area contributed by atoms with Crippen LogP contribution in [0.4, 0.5) is 0 Å². The molecule has 0 radical (unpaired) electrons. The van der Waals surface area contributed by atoms with Gasteiger partial charge < -0.3 is 5.11 Å². The van der Waals surface area contributed by atoms with Crippen molar-refractivity contribution in [1.29, 1.82) is 0 Å². The number of carbonyl (C=O) groups excluding carboxylic acids is 1. The first-order valence-electron chi connectivity index (χ1n) is 6.04. The molecule has 0 heterocycles. The number of Topliss-reactive ketones (excluding diaryl/α,β-unsaturated/α-hetero) is 1. The van der Waals surface area contributed by atoms with Crippen LogP contribution in [0.2, 0.25) is 0 Å². The third kappa shape index (κ3) is 2.55. The lowest BCUT2D eigenvalue weighted by atomic mass is 9.83. The van der Waals surface area contributed by atoms with Gasteiger partial charge in [0, 0.05) is 0 Å². The van der Waals surface area contributed by atoms with Gasteiger partial charge in [0.15, 0.2) is 11.4 Å². The van der Waals surface area contributed by atoms with Gasteiger partial charge >= 0.3 is 0 Å². The highest BCUT2D eigenvalue weighted by Gasteiger charge is 2.42. The van der Waals surface area contributed by atoms with E-state index in [0.29, 0.717) is 11.1 Å². The minimum Gasteiger partial charge on any atom is -0.375 e. The maximum atomic E-state index is 11.9. The summed E-state index contributed by atoms with van der Waals surface area (Å²) in [5, 5.41) is 9.97. The molecule has 2 rings (SSSR count). The summed E-state index contributed by atoms with van der Waals surface area (Å²) in [4.78, 5) is 11.9. The number of alkyl halides is 1. The second-order valence-electron chi connectivity index (χ2n) is 4.46. The summed E-state index contributed by atoms with van der Waals surface area (Å²) in [6.45, 7) is 1.35. The molecule has 2 nitrogen and oxygen atoms in total. The molecule has 2 unspecified atom stereocenters. The first-order chi connectivity index (χ1) is 9.06. The Morgan fingerprint density at radius 1 is 1.05 bits per heavy atom. The van der Waals surface area contributed by atoms with Crippen LogP contribution in [0.5, 0.6) is 0 Å². The summed E-state index contributed by atoms with van der Waals surface area (Å²) in [6, 6.07) is 17.9. The third-order valence-corrected chi connectivity index (χ3v) is 3.78. The van der Waals surface area contributed by atoms with Crippen LogP contribution in [0.15, 0.2) is 60.7 Å². The number of benzene rings is 2. The zero-order chi connectivity index (χ0) is 13.9. The van der Waals surface area contributed by atoms with Crippen molar-refractivity contribution in [3.05, 3.63) is 71.8 Å². The summed E-state index contributed by atoms with van der Waals surface area (Å²) >= 11 is 6.37. The highest BCUT2D eigenvalue weighted by Crippen LogP contribution is 2.40. The number of hydrogen-bond acceptors (Lipinski definition) is 2. The van der Waals surface area contributed by atoms with Crippen molar-refractivity contribution in [3.8, 4) is 0 Å². The summed E-state index contributed by atoms with van der Waals surface area (Å²) in [7, 11) is 0. The standard InChI is InChI=1S/C16H15ClO2/c1-12(18)16(19,14-10-6-3-7-11-14)15(17)13-8-4-2-5-9-13/h2-11,15,19H,1H3. The first-order valence-corrected chi connectivity index (χ1v) is 6.48. The predicted molar refractivity (Wildman–Crippen MR) is 76.1 cm³/mol. The average molecular weight is 275 g/mol. The highest BCUT2D eigenvalue weighted by atomic mass is 35.5. The van der Waals surface area contributed by atoms with E-state index in [1.807, 2.05) is 24.3 Å². The Kier molecular flexibility index (Phi) is 4.03. The molecule has 0 aliphatic heterocycles. The average Bonchev–Trinajstić information content (AvgIpc) is 2.47. The van der Waals surface area contributed by atoms with Crippen molar-refractivity contribution in [2.75, 3.05) is 0 Å². The lowest BCUT2D eigenvalue weighted by Crippen LogP contribution is -2.38. The van der Waals surface area contributed by atoms with E-state index in [4.69, 9.17) is 11.6 Å². The molecule has 19 heavy (non-hydrogen) atoms. The van der Waals surface area contributed by atoms with Crippen molar-refractivity contribution in [2.45, 2.75) is 17.9 Å². The quantitative estimate of drug-likeness (QED) is 0.867. The Balaban J connectivity index is 2.49. The Morgan fingerprint density at radius 3 is 2.00 bits per heavy atom. The number of aliphatic hydroxyl groups is 1. The summed E-state index contributed by atoms with van der Waals surface area (Å²) in [5.74, 6) is -0.373. The van der Waals surface area contributed by atoms with Crippen LogP contribution in [0.3, 0.4) is 0 Å². The zero-order valence-electron chi connectivity index (χ0n) is 10.6. The molecule has 0 amide bonds. The van der Waals surface area contributed by atoms with E-state index >= 15 is 0 Å². The fourth-order valence-electron chi connectivity index (χ4n) is 2.08. The largest absolute Gasteiger partial charge is 0.375 e. The minimum atomic E-state index is -1.72. The van der Waals surface area contributed by atoms with E-state index in [1.165, 1.54) is 6.92 Å². The van der Waals surface area contributed by atoms with E-state index in [1.54, 1.807) is 36.4 Å². The van der Waals surface area contributed by atoms with Gasteiger partial charge in [-0.15, -0.1) is 11.6 Å². The van der Waals surface area contributed by atoms with Gasteiger partial charge in [0.05, 0.1) is 5.38 Å². The number of carbonyl (C=O) groups is 1. The second kappa shape index (κ2) is 5.55. The zero-order valence-corrected chi connectivity index (χ0v) is 11.3. The molecule has 2 aromatic carbocycles. The first kappa shape index (κ1) is 13.8. The van der Waals surface area contributed by atoms with E-state index in [0.717, 1.165) is 0 Å². The van der Waals surface area contributed by atoms with Gasteiger partial charge in [-0.05, 0) is 18.1 Å². The Hall–Kier alpha value is -1.64. The third-order valence-electron chi connectivity index (χ3n) is 3.21. The van der Waals surface area contributed by atoms with Crippen LogP contribution in [-0.2, 0) is 10.4 Å². The lowest BCUT2D eigenvalue weighted by Gasteiger charge is -2.31. The topological polar surface area (TPSA) is 37.3 Å². The molecule has 0 spiro atoms. The smallest absolute Gasteiger partial charge is 0.168 e. The molecule has 2 aromatic rings. The van der Waals surface area contributed by atoms with Crippen LogP contribution in [0, 0.1) is 0 Å². The Bertz CT molecular complexity index is 553. The van der Waals surface area contributed by atoms with E-state index < -0.39 is 11.0 Å². The van der Waals surface area contributed by atoms with Crippen LogP contribution >= 0.6 is 11.6 Å². The summed E-state index contributed by atoms with van der Waals surface area (Å²) in [5.41, 5.74) is -0.499. The Labute approximate surface area is 117 Å². The molecule has 0 aliphatic rings. The minimum absolute atomic E-state index is 0.373. The van der Waals surface area contributed by atoms with Crippen molar-refractivity contribution in [2.24, 2.45) is 0 Å².